The summed E-state index contributed by atoms with van der Waals surface area (Å²) in [5.41, 5.74) is 3.89. The highest BCUT2D eigenvalue weighted by molar-refractivity contribution is 5.99. The molecule has 0 radical (unpaired) electrons. The van der Waals surface area contributed by atoms with Gasteiger partial charge in [0.25, 0.3) is 0 Å². The van der Waals surface area contributed by atoms with Crippen molar-refractivity contribution in [3.8, 4) is 17.3 Å². The van der Waals surface area contributed by atoms with Gasteiger partial charge in [-0.2, -0.15) is 5.26 Å². The summed E-state index contributed by atoms with van der Waals surface area (Å²) in [5, 5.41) is 11.8. The Balaban J connectivity index is 2.14. The predicted molar refractivity (Wildman–Crippen MR) is 65.7 cm³/mol. The smallest absolute Gasteiger partial charge is 0.228 e. The van der Waals surface area contributed by atoms with E-state index in [9.17, 15) is 4.79 Å². The molecule has 18 heavy (non-hydrogen) atoms. The molecule has 0 spiro atoms. The highest BCUT2D eigenvalue weighted by Crippen LogP contribution is 2.30. The lowest BCUT2D eigenvalue weighted by Gasteiger charge is -2.05. The van der Waals surface area contributed by atoms with Gasteiger partial charge in [-0.15, -0.1) is 0 Å². The van der Waals surface area contributed by atoms with Crippen LogP contribution < -0.4 is 5.32 Å². The largest absolute Gasteiger partial charge is 0.333 e. The second kappa shape index (κ2) is 3.70. The number of nitrogens with zero attached hydrogens (tertiary/aromatic N) is 3. The molecule has 88 valence electrons. The first kappa shape index (κ1) is 10.5. The van der Waals surface area contributed by atoms with E-state index in [1.165, 1.54) is 0 Å². The summed E-state index contributed by atoms with van der Waals surface area (Å²) >= 11 is 0. The molecule has 0 atom stereocenters. The van der Waals surface area contributed by atoms with Gasteiger partial charge in [0, 0.05) is 18.3 Å². The lowest BCUT2D eigenvalue weighted by Crippen LogP contribution is -2.03. The van der Waals surface area contributed by atoms with E-state index in [0.29, 0.717) is 12.1 Å². The lowest BCUT2D eigenvalue weighted by atomic mass is 10.0. The zero-order chi connectivity index (χ0) is 12.7. The normalized spacial score (nSPS) is 13.0. The van der Waals surface area contributed by atoms with Gasteiger partial charge in [0.15, 0.2) is 5.69 Å². The van der Waals surface area contributed by atoms with Crippen molar-refractivity contribution < 1.29 is 4.79 Å². The maximum absolute atomic E-state index is 11.3. The fraction of sp³-hybridized carbons (Fsp3) is 0.154. The molecular formula is C13H10N4O. The number of anilines is 1. The monoisotopic (exact) mass is 238 g/mol. The fourth-order valence-electron chi connectivity index (χ4n) is 2.23. The van der Waals surface area contributed by atoms with Gasteiger partial charge in [0.2, 0.25) is 5.91 Å². The molecule has 1 aliphatic heterocycles. The van der Waals surface area contributed by atoms with Crippen LogP contribution in [0, 0.1) is 11.3 Å². The van der Waals surface area contributed by atoms with Crippen LogP contribution in [0.3, 0.4) is 0 Å². The molecule has 0 saturated heterocycles. The van der Waals surface area contributed by atoms with Gasteiger partial charge < -0.3 is 9.88 Å². The Kier molecular flexibility index (Phi) is 2.17. The highest BCUT2D eigenvalue weighted by Gasteiger charge is 2.19. The van der Waals surface area contributed by atoms with Crippen LogP contribution in [-0.2, 0) is 18.3 Å². The van der Waals surface area contributed by atoms with Crippen molar-refractivity contribution in [3.05, 3.63) is 35.8 Å². The minimum absolute atomic E-state index is 0.00710. The molecule has 0 aliphatic carbocycles. The first-order valence-corrected chi connectivity index (χ1v) is 5.53. The van der Waals surface area contributed by atoms with E-state index in [4.69, 9.17) is 5.26 Å². The van der Waals surface area contributed by atoms with Crippen LogP contribution in [0.2, 0.25) is 0 Å². The van der Waals surface area contributed by atoms with Crippen LogP contribution >= 0.6 is 0 Å². The average Bonchev–Trinajstić information content (AvgIpc) is 2.89. The molecule has 2 aromatic rings. The van der Waals surface area contributed by atoms with Gasteiger partial charge in [-0.05, 0) is 17.7 Å². The molecule has 1 aromatic heterocycles. The minimum atomic E-state index is 0.00710. The van der Waals surface area contributed by atoms with E-state index in [0.717, 1.165) is 22.5 Å². The Morgan fingerprint density at radius 2 is 2.33 bits per heavy atom. The van der Waals surface area contributed by atoms with Crippen LogP contribution in [0.4, 0.5) is 5.69 Å². The van der Waals surface area contributed by atoms with E-state index in [2.05, 4.69) is 16.4 Å². The van der Waals surface area contributed by atoms with Crippen molar-refractivity contribution in [1.29, 1.82) is 5.26 Å². The molecule has 3 rings (SSSR count). The molecule has 0 bridgehead atoms. The number of imidazole rings is 1. The molecule has 1 N–H and O–H groups in total. The molecular weight excluding hydrogens is 228 g/mol. The number of carbonyl (C=O) groups is 1. The molecule has 5 heteroatoms. The van der Waals surface area contributed by atoms with Crippen LogP contribution in [0.25, 0.3) is 11.3 Å². The van der Waals surface area contributed by atoms with E-state index >= 15 is 0 Å². The summed E-state index contributed by atoms with van der Waals surface area (Å²) in [6, 6.07) is 7.77. The second-order valence-corrected chi connectivity index (χ2v) is 4.26. The maximum Gasteiger partial charge on any atom is 0.228 e. The SMILES string of the molecule is Cn1cnc(C#N)c1-c1ccc2c(c1)CC(=O)N2. The Bertz CT molecular complexity index is 694. The number of aryl methyl sites for hydroxylation is 1. The van der Waals surface area contributed by atoms with Gasteiger partial charge in [0.05, 0.1) is 18.4 Å². The second-order valence-electron chi connectivity index (χ2n) is 4.26. The van der Waals surface area contributed by atoms with Crippen LogP contribution in [0.15, 0.2) is 24.5 Å². The number of carbonyl (C=O) groups excluding carboxylic acids is 1. The van der Waals surface area contributed by atoms with Crippen LogP contribution in [0.5, 0.6) is 0 Å². The van der Waals surface area contributed by atoms with E-state index in [-0.39, 0.29) is 5.91 Å². The fourth-order valence-corrected chi connectivity index (χ4v) is 2.23. The third kappa shape index (κ3) is 1.47. The summed E-state index contributed by atoms with van der Waals surface area (Å²) in [6.07, 6.45) is 2.01. The molecule has 0 saturated carbocycles. The van der Waals surface area contributed by atoms with Crippen molar-refractivity contribution >= 4 is 11.6 Å². The summed E-state index contributed by atoms with van der Waals surface area (Å²) < 4.78 is 1.81. The third-order valence-corrected chi connectivity index (χ3v) is 3.05. The Hall–Kier alpha value is -2.61. The summed E-state index contributed by atoms with van der Waals surface area (Å²) in [5.74, 6) is 0.00710. The highest BCUT2D eigenvalue weighted by atomic mass is 16.1. The van der Waals surface area contributed by atoms with Crippen LogP contribution in [-0.4, -0.2) is 15.5 Å². The molecule has 0 unspecified atom stereocenters. The molecule has 1 aliphatic rings. The minimum Gasteiger partial charge on any atom is -0.333 e. The number of rotatable bonds is 1. The van der Waals surface area contributed by atoms with Crippen molar-refractivity contribution in [2.45, 2.75) is 6.42 Å². The average molecular weight is 238 g/mol. The number of nitrogens with one attached hydrogen (secondary N) is 1. The zero-order valence-electron chi connectivity index (χ0n) is 9.77. The number of fused-ring (bicyclic) bond motifs is 1. The summed E-state index contributed by atoms with van der Waals surface area (Å²) in [4.78, 5) is 15.3. The van der Waals surface area contributed by atoms with Crippen molar-refractivity contribution in [2.24, 2.45) is 7.05 Å². The van der Waals surface area contributed by atoms with Crippen LogP contribution in [0.1, 0.15) is 11.3 Å². The number of hydrogen-bond acceptors (Lipinski definition) is 3. The van der Waals surface area contributed by atoms with E-state index in [1.807, 2.05) is 29.8 Å². The third-order valence-electron chi connectivity index (χ3n) is 3.05. The number of aromatic nitrogens is 2. The lowest BCUT2D eigenvalue weighted by molar-refractivity contribution is -0.115. The number of nitriles is 1. The predicted octanol–water partition coefficient (Wildman–Crippen LogP) is 1.45. The van der Waals surface area contributed by atoms with Gasteiger partial charge >= 0.3 is 0 Å². The number of benzene rings is 1. The standard InChI is InChI=1S/C13H10N4O/c1-17-7-15-11(6-14)13(17)8-2-3-10-9(4-8)5-12(18)16-10/h2-4,7H,5H2,1H3,(H,16,18). The molecule has 1 amide bonds. The molecule has 2 heterocycles. The Morgan fingerprint density at radius 1 is 1.50 bits per heavy atom. The topological polar surface area (TPSA) is 70.7 Å². The van der Waals surface area contributed by atoms with Gasteiger partial charge in [0.1, 0.15) is 6.07 Å². The maximum atomic E-state index is 11.3. The zero-order valence-corrected chi connectivity index (χ0v) is 9.77. The van der Waals surface area contributed by atoms with Crippen molar-refractivity contribution in [1.82, 2.24) is 9.55 Å². The summed E-state index contributed by atoms with van der Waals surface area (Å²) in [6.45, 7) is 0. The van der Waals surface area contributed by atoms with E-state index in [1.54, 1.807) is 6.33 Å². The van der Waals surface area contributed by atoms with E-state index < -0.39 is 0 Å². The molecule has 5 nitrogen and oxygen atoms in total. The number of hydrogen-bond donors (Lipinski definition) is 1. The quantitative estimate of drug-likeness (QED) is 0.817. The van der Waals surface area contributed by atoms with Crippen molar-refractivity contribution in [3.63, 3.8) is 0 Å². The molecule has 0 fully saturated rings. The Morgan fingerprint density at radius 3 is 3.11 bits per heavy atom. The van der Waals surface area contributed by atoms with Gasteiger partial charge in [-0.25, -0.2) is 4.98 Å². The van der Waals surface area contributed by atoms with Gasteiger partial charge in [-0.3, -0.25) is 4.79 Å². The van der Waals surface area contributed by atoms with Crippen molar-refractivity contribution in [2.75, 3.05) is 5.32 Å². The Labute approximate surface area is 104 Å². The summed E-state index contributed by atoms with van der Waals surface area (Å²) in [7, 11) is 1.85. The van der Waals surface area contributed by atoms with Gasteiger partial charge in [-0.1, -0.05) is 6.07 Å². The molecule has 1 aromatic carbocycles. The number of amides is 1. The first-order valence-electron chi connectivity index (χ1n) is 5.53. The first-order chi connectivity index (χ1) is 8.69.